The number of hydrogen-bond donors (Lipinski definition) is 0. The summed E-state index contributed by atoms with van der Waals surface area (Å²) in [5, 5.41) is 12.3. The molecule has 2 nitrogen and oxygen atoms in total. The van der Waals surface area contributed by atoms with Gasteiger partial charge in [0.05, 0.1) is 11.0 Å². The number of aromatic nitrogens is 2. The Morgan fingerprint density at radius 1 is 0.321 bits per heavy atom. The number of fused-ring (bicyclic) bond motifs is 9. The van der Waals surface area contributed by atoms with E-state index < -0.39 is 0 Å². The van der Waals surface area contributed by atoms with Gasteiger partial charge in [0.2, 0.25) is 0 Å². The third-order valence-corrected chi connectivity index (χ3v) is 10.9. The summed E-state index contributed by atoms with van der Waals surface area (Å²) >= 11 is 0. The largest absolute Gasteiger partial charge is 0.292 e. The van der Waals surface area contributed by atoms with Gasteiger partial charge in [-0.05, 0) is 83.5 Å². The molecule has 0 N–H and O–H groups in total. The molecule has 0 amide bonds. The van der Waals surface area contributed by atoms with Crippen LogP contribution in [-0.4, -0.2) is 9.55 Å². The molecule has 53 heavy (non-hydrogen) atoms. The van der Waals surface area contributed by atoms with Gasteiger partial charge in [-0.3, -0.25) is 4.57 Å². The van der Waals surface area contributed by atoms with Crippen molar-refractivity contribution < 1.29 is 0 Å². The molecule has 0 saturated heterocycles. The van der Waals surface area contributed by atoms with Crippen molar-refractivity contribution in [3.8, 4) is 39.3 Å². The van der Waals surface area contributed by atoms with Crippen molar-refractivity contribution >= 4 is 64.9 Å². The van der Waals surface area contributed by atoms with Crippen molar-refractivity contribution in [3.63, 3.8) is 0 Å². The molecule has 11 rings (SSSR count). The van der Waals surface area contributed by atoms with Crippen LogP contribution in [0.2, 0.25) is 0 Å². The maximum absolute atomic E-state index is 5.42. The molecule has 1 heterocycles. The summed E-state index contributed by atoms with van der Waals surface area (Å²) in [5.41, 5.74) is 9.26. The first-order valence-corrected chi connectivity index (χ1v) is 18.2. The lowest BCUT2D eigenvalue weighted by atomic mass is 9.85. The Morgan fingerprint density at radius 3 is 1.43 bits per heavy atom. The minimum atomic E-state index is 0.936. The van der Waals surface area contributed by atoms with Gasteiger partial charge in [-0.1, -0.05) is 176 Å². The Bertz CT molecular complexity index is 3150. The quantitative estimate of drug-likeness (QED) is 0.134. The fourth-order valence-electron chi connectivity index (χ4n) is 8.61. The van der Waals surface area contributed by atoms with E-state index in [4.69, 9.17) is 4.98 Å². The van der Waals surface area contributed by atoms with E-state index in [9.17, 15) is 0 Å². The summed E-state index contributed by atoms with van der Waals surface area (Å²) in [7, 11) is 0. The van der Waals surface area contributed by atoms with Gasteiger partial charge in [-0.25, -0.2) is 4.98 Å². The molecule has 0 bridgehead atoms. The summed E-state index contributed by atoms with van der Waals surface area (Å²) in [4.78, 5) is 5.42. The molecule has 246 valence electrons. The van der Waals surface area contributed by atoms with Crippen LogP contribution in [-0.2, 0) is 0 Å². The number of nitrogens with zero attached hydrogens (tertiary/aromatic N) is 2. The van der Waals surface area contributed by atoms with Crippen LogP contribution in [0.15, 0.2) is 194 Å². The lowest BCUT2D eigenvalue weighted by molar-refractivity contribution is 1.11. The highest BCUT2D eigenvalue weighted by molar-refractivity contribution is 6.24. The van der Waals surface area contributed by atoms with Crippen LogP contribution in [0.1, 0.15) is 0 Å². The highest BCUT2D eigenvalue weighted by Crippen LogP contribution is 2.45. The molecule has 10 aromatic carbocycles. The zero-order valence-corrected chi connectivity index (χ0v) is 28.9. The first-order chi connectivity index (χ1) is 26.3. The van der Waals surface area contributed by atoms with Gasteiger partial charge in [0.15, 0.2) is 0 Å². The van der Waals surface area contributed by atoms with Crippen LogP contribution in [0, 0.1) is 0 Å². The Hall–Kier alpha value is -7.03. The van der Waals surface area contributed by atoms with E-state index in [1.165, 1.54) is 70.7 Å². The number of rotatable bonds is 4. The molecule has 0 aliphatic heterocycles. The Balaban J connectivity index is 1.16. The molecule has 0 aliphatic rings. The lowest BCUT2D eigenvalue weighted by Crippen LogP contribution is -1.98. The van der Waals surface area contributed by atoms with Gasteiger partial charge in [0.1, 0.15) is 5.82 Å². The Labute approximate surface area is 306 Å². The molecule has 0 radical (unpaired) electrons. The van der Waals surface area contributed by atoms with Gasteiger partial charge in [0, 0.05) is 22.0 Å². The summed E-state index contributed by atoms with van der Waals surface area (Å²) in [5.74, 6) is 0.936. The Kier molecular flexibility index (Phi) is 6.59. The van der Waals surface area contributed by atoms with Crippen molar-refractivity contribution in [1.82, 2.24) is 9.55 Å². The van der Waals surface area contributed by atoms with Crippen molar-refractivity contribution in [2.75, 3.05) is 0 Å². The monoisotopic (exact) mass is 672 g/mol. The standard InChI is InChI=1S/C51H32N2/c1-2-15-35(16-3-1)51-52-49-45-24-12-6-18-39(45)40-19-7-13-25-46(40)50(49)53(51)38-30-28-34(29-31-38)47-41-20-8-10-22-43(41)48(44-23-11-9-21-42(44)47)37-27-26-33-14-4-5-17-36(33)32-37/h1-32H. The minimum absolute atomic E-state index is 0.936. The van der Waals surface area contributed by atoms with Gasteiger partial charge in [-0.2, -0.15) is 0 Å². The number of imidazole rings is 1. The molecule has 0 fully saturated rings. The smallest absolute Gasteiger partial charge is 0.145 e. The van der Waals surface area contributed by atoms with Gasteiger partial charge in [-0.15, -0.1) is 0 Å². The van der Waals surface area contributed by atoms with Crippen LogP contribution >= 0.6 is 0 Å². The predicted octanol–water partition coefficient (Wildman–Crippen LogP) is 13.8. The molecule has 0 aliphatic carbocycles. The molecular formula is C51H32N2. The molecule has 1 aromatic heterocycles. The van der Waals surface area contributed by atoms with E-state index in [2.05, 4.69) is 199 Å². The number of hydrogen-bond acceptors (Lipinski definition) is 1. The molecule has 0 spiro atoms. The van der Waals surface area contributed by atoms with Crippen LogP contribution < -0.4 is 0 Å². The van der Waals surface area contributed by atoms with E-state index in [0.717, 1.165) is 33.5 Å². The summed E-state index contributed by atoms with van der Waals surface area (Å²) in [6, 6.07) is 70.4. The highest BCUT2D eigenvalue weighted by atomic mass is 15.1. The third kappa shape index (κ3) is 4.56. The zero-order valence-electron chi connectivity index (χ0n) is 28.9. The van der Waals surface area contributed by atoms with Crippen LogP contribution in [0.25, 0.3) is 104 Å². The van der Waals surface area contributed by atoms with E-state index in [-0.39, 0.29) is 0 Å². The molecule has 0 saturated carbocycles. The maximum atomic E-state index is 5.42. The summed E-state index contributed by atoms with van der Waals surface area (Å²) < 4.78 is 2.36. The normalized spacial score (nSPS) is 11.8. The van der Waals surface area contributed by atoms with E-state index in [1.54, 1.807) is 0 Å². The molecule has 0 atom stereocenters. The minimum Gasteiger partial charge on any atom is -0.292 e. The molecular weight excluding hydrogens is 641 g/mol. The SMILES string of the molecule is c1ccc(-c2nc3c4ccccc4c4ccccc4c3n2-c2ccc(-c3c4ccccc4c(-c4ccc5ccccc5c4)c4ccccc34)cc2)cc1. The average molecular weight is 673 g/mol. The predicted molar refractivity (Wildman–Crippen MR) is 225 cm³/mol. The summed E-state index contributed by atoms with van der Waals surface area (Å²) in [6.07, 6.45) is 0. The fraction of sp³-hybridized carbons (Fsp3) is 0. The topological polar surface area (TPSA) is 17.8 Å². The van der Waals surface area contributed by atoms with E-state index in [0.29, 0.717) is 0 Å². The van der Waals surface area contributed by atoms with Crippen molar-refractivity contribution in [2.24, 2.45) is 0 Å². The maximum Gasteiger partial charge on any atom is 0.145 e. The fourth-order valence-corrected chi connectivity index (χ4v) is 8.61. The lowest BCUT2D eigenvalue weighted by Gasteiger charge is -2.18. The van der Waals surface area contributed by atoms with Gasteiger partial charge < -0.3 is 0 Å². The van der Waals surface area contributed by atoms with Crippen LogP contribution in [0.4, 0.5) is 0 Å². The first kappa shape index (κ1) is 29.7. The van der Waals surface area contributed by atoms with Crippen LogP contribution in [0.5, 0.6) is 0 Å². The highest BCUT2D eigenvalue weighted by Gasteiger charge is 2.21. The summed E-state index contributed by atoms with van der Waals surface area (Å²) in [6.45, 7) is 0. The number of benzene rings is 10. The average Bonchev–Trinajstić information content (AvgIpc) is 3.64. The molecule has 0 unspecified atom stereocenters. The van der Waals surface area contributed by atoms with Crippen LogP contribution in [0.3, 0.4) is 0 Å². The second-order valence-electron chi connectivity index (χ2n) is 13.9. The van der Waals surface area contributed by atoms with E-state index in [1.807, 2.05) is 0 Å². The van der Waals surface area contributed by atoms with Crippen molar-refractivity contribution in [2.45, 2.75) is 0 Å². The van der Waals surface area contributed by atoms with Crippen molar-refractivity contribution in [3.05, 3.63) is 194 Å². The molecule has 2 heteroatoms. The third-order valence-electron chi connectivity index (χ3n) is 10.9. The van der Waals surface area contributed by atoms with Gasteiger partial charge in [0.25, 0.3) is 0 Å². The second kappa shape index (κ2) is 11.8. The Morgan fingerprint density at radius 2 is 0.792 bits per heavy atom. The van der Waals surface area contributed by atoms with E-state index >= 15 is 0 Å². The first-order valence-electron chi connectivity index (χ1n) is 18.2. The zero-order chi connectivity index (χ0) is 34.9. The van der Waals surface area contributed by atoms with Gasteiger partial charge >= 0.3 is 0 Å². The molecule has 11 aromatic rings. The second-order valence-corrected chi connectivity index (χ2v) is 13.9. The van der Waals surface area contributed by atoms with Crippen molar-refractivity contribution in [1.29, 1.82) is 0 Å².